The topological polar surface area (TPSA) is 50.2 Å². The van der Waals surface area contributed by atoms with Crippen LogP contribution in [0.1, 0.15) is 15.9 Å². The maximum absolute atomic E-state index is 12.9. The number of halogens is 3. The van der Waals surface area contributed by atoms with Gasteiger partial charge in [0, 0.05) is 16.5 Å². The maximum atomic E-state index is 12.9. The first-order chi connectivity index (χ1) is 14.3. The molecule has 0 atom stereocenters. The van der Waals surface area contributed by atoms with Crippen molar-refractivity contribution in [3.8, 4) is 33.0 Å². The SMILES string of the molecule is O=C(O)c1ccc(-c2csc(-c3ccc(-c4cccc(C(F)(F)F)c4)cc3)n2)cc1. The van der Waals surface area contributed by atoms with Crippen molar-refractivity contribution < 1.29 is 23.1 Å². The van der Waals surface area contributed by atoms with Crippen molar-refractivity contribution in [2.75, 3.05) is 0 Å². The van der Waals surface area contributed by atoms with Crippen molar-refractivity contribution in [1.29, 1.82) is 0 Å². The van der Waals surface area contributed by atoms with Crippen LogP contribution in [0, 0.1) is 0 Å². The molecule has 1 aromatic heterocycles. The van der Waals surface area contributed by atoms with Crippen LogP contribution in [0.2, 0.25) is 0 Å². The fourth-order valence-corrected chi connectivity index (χ4v) is 3.84. The molecule has 1 heterocycles. The fraction of sp³-hybridized carbons (Fsp3) is 0.0435. The lowest BCUT2D eigenvalue weighted by Gasteiger charge is -2.09. The molecule has 3 aromatic carbocycles. The summed E-state index contributed by atoms with van der Waals surface area (Å²) in [4.78, 5) is 15.6. The molecular formula is C23H14F3NO2S. The lowest BCUT2D eigenvalue weighted by Crippen LogP contribution is -2.04. The van der Waals surface area contributed by atoms with Gasteiger partial charge in [0.15, 0.2) is 0 Å². The number of aromatic nitrogens is 1. The van der Waals surface area contributed by atoms with Gasteiger partial charge in [0.05, 0.1) is 16.8 Å². The Morgan fingerprint density at radius 2 is 1.47 bits per heavy atom. The highest BCUT2D eigenvalue weighted by Crippen LogP contribution is 2.34. The van der Waals surface area contributed by atoms with E-state index in [4.69, 9.17) is 5.11 Å². The van der Waals surface area contributed by atoms with Gasteiger partial charge in [0.25, 0.3) is 0 Å². The van der Waals surface area contributed by atoms with Crippen LogP contribution in [-0.4, -0.2) is 16.1 Å². The van der Waals surface area contributed by atoms with Gasteiger partial charge in [-0.3, -0.25) is 0 Å². The molecule has 0 amide bonds. The molecule has 0 unspecified atom stereocenters. The number of aromatic carboxylic acids is 1. The lowest BCUT2D eigenvalue weighted by atomic mass is 10.0. The van der Waals surface area contributed by atoms with Crippen molar-refractivity contribution in [3.05, 3.63) is 89.3 Å². The predicted molar refractivity (Wildman–Crippen MR) is 110 cm³/mol. The minimum Gasteiger partial charge on any atom is -0.478 e. The normalized spacial score (nSPS) is 11.4. The number of carboxylic acid groups (broad SMARTS) is 1. The summed E-state index contributed by atoms with van der Waals surface area (Å²) in [6, 6.07) is 18.9. The number of hydrogen-bond acceptors (Lipinski definition) is 3. The highest BCUT2D eigenvalue weighted by molar-refractivity contribution is 7.13. The first kappa shape index (κ1) is 19.8. The molecular weight excluding hydrogens is 411 g/mol. The molecule has 0 aliphatic rings. The van der Waals surface area contributed by atoms with E-state index in [9.17, 15) is 18.0 Å². The Balaban J connectivity index is 1.57. The van der Waals surface area contributed by atoms with Crippen molar-refractivity contribution in [1.82, 2.24) is 4.98 Å². The van der Waals surface area contributed by atoms with E-state index in [1.807, 2.05) is 17.5 Å². The van der Waals surface area contributed by atoms with Gasteiger partial charge >= 0.3 is 12.1 Å². The average Bonchev–Trinajstić information content (AvgIpc) is 3.24. The Hall–Kier alpha value is -3.45. The highest BCUT2D eigenvalue weighted by Gasteiger charge is 2.30. The van der Waals surface area contributed by atoms with Gasteiger partial charge in [-0.15, -0.1) is 11.3 Å². The summed E-state index contributed by atoms with van der Waals surface area (Å²) in [6.07, 6.45) is -4.38. The quantitative estimate of drug-likeness (QED) is 0.389. The molecule has 0 aliphatic heterocycles. The van der Waals surface area contributed by atoms with Crippen molar-refractivity contribution >= 4 is 17.3 Å². The summed E-state index contributed by atoms with van der Waals surface area (Å²) in [6.45, 7) is 0. The van der Waals surface area contributed by atoms with Crippen LogP contribution < -0.4 is 0 Å². The highest BCUT2D eigenvalue weighted by atomic mass is 32.1. The van der Waals surface area contributed by atoms with E-state index in [2.05, 4.69) is 4.98 Å². The predicted octanol–water partition coefficient (Wildman–Crippen LogP) is 6.86. The van der Waals surface area contributed by atoms with Crippen LogP contribution in [0.4, 0.5) is 13.2 Å². The van der Waals surface area contributed by atoms with E-state index in [-0.39, 0.29) is 5.56 Å². The summed E-state index contributed by atoms with van der Waals surface area (Å²) in [7, 11) is 0. The maximum Gasteiger partial charge on any atom is 0.416 e. The third-order valence-electron chi connectivity index (χ3n) is 4.59. The minimum absolute atomic E-state index is 0.208. The Labute approximate surface area is 174 Å². The zero-order valence-electron chi connectivity index (χ0n) is 15.4. The molecule has 150 valence electrons. The number of benzene rings is 3. The smallest absolute Gasteiger partial charge is 0.416 e. The van der Waals surface area contributed by atoms with Gasteiger partial charge in [-0.2, -0.15) is 13.2 Å². The number of thiazole rings is 1. The summed E-state index contributed by atoms with van der Waals surface area (Å²) in [5.41, 5.74) is 3.10. The Kier molecular flexibility index (Phi) is 5.13. The van der Waals surface area contributed by atoms with E-state index in [1.165, 1.54) is 29.5 Å². The molecule has 4 aromatic rings. The summed E-state index contributed by atoms with van der Waals surface area (Å²) >= 11 is 1.44. The van der Waals surface area contributed by atoms with Crippen molar-refractivity contribution in [3.63, 3.8) is 0 Å². The number of hydrogen-bond donors (Lipinski definition) is 1. The fourth-order valence-electron chi connectivity index (χ4n) is 3.00. The van der Waals surface area contributed by atoms with Crippen LogP contribution >= 0.6 is 11.3 Å². The largest absolute Gasteiger partial charge is 0.478 e. The first-order valence-corrected chi connectivity index (χ1v) is 9.76. The van der Waals surface area contributed by atoms with Crippen LogP contribution in [0.3, 0.4) is 0 Å². The van der Waals surface area contributed by atoms with Gasteiger partial charge in [0.1, 0.15) is 5.01 Å². The van der Waals surface area contributed by atoms with Gasteiger partial charge in [0.2, 0.25) is 0 Å². The Bertz CT molecular complexity index is 1200. The van der Waals surface area contributed by atoms with E-state index >= 15 is 0 Å². The number of alkyl halides is 3. The molecule has 1 N–H and O–H groups in total. The number of nitrogens with zero attached hydrogens (tertiary/aromatic N) is 1. The molecule has 0 spiro atoms. The molecule has 3 nitrogen and oxygen atoms in total. The first-order valence-electron chi connectivity index (χ1n) is 8.88. The summed E-state index contributed by atoms with van der Waals surface area (Å²) in [5.74, 6) is -0.985. The summed E-state index contributed by atoms with van der Waals surface area (Å²) in [5, 5.41) is 11.6. The molecule has 0 saturated carbocycles. The standard InChI is InChI=1S/C23H14F3NO2S/c24-23(25,26)19-3-1-2-18(12-19)14-4-8-16(9-5-14)21-27-20(13-30-21)15-6-10-17(11-7-15)22(28)29/h1-13H,(H,28,29). The van der Waals surface area contributed by atoms with Crippen molar-refractivity contribution in [2.24, 2.45) is 0 Å². The second-order valence-corrected chi connectivity index (χ2v) is 7.43. The van der Waals surface area contributed by atoms with E-state index in [0.717, 1.165) is 34.0 Å². The monoisotopic (exact) mass is 425 g/mol. The third kappa shape index (κ3) is 4.11. The molecule has 0 bridgehead atoms. The van der Waals surface area contributed by atoms with E-state index < -0.39 is 17.7 Å². The Morgan fingerprint density at radius 1 is 0.833 bits per heavy atom. The van der Waals surface area contributed by atoms with Gasteiger partial charge in [-0.25, -0.2) is 9.78 Å². The molecule has 7 heteroatoms. The van der Waals surface area contributed by atoms with Crippen LogP contribution in [0.5, 0.6) is 0 Å². The number of rotatable bonds is 4. The van der Waals surface area contributed by atoms with E-state index in [0.29, 0.717) is 11.1 Å². The molecule has 0 aliphatic carbocycles. The summed E-state index contributed by atoms with van der Waals surface area (Å²) < 4.78 is 38.8. The molecule has 0 fully saturated rings. The lowest BCUT2D eigenvalue weighted by molar-refractivity contribution is -0.137. The number of carboxylic acids is 1. The van der Waals surface area contributed by atoms with Gasteiger partial charge in [-0.05, 0) is 35.4 Å². The van der Waals surface area contributed by atoms with Gasteiger partial charge < -0.3 is 5.11 Å². The molecule has 30 heavy (non-hydrogen) atoms. The zero-order valence-corrected chi connectivity index (χ0v) is 16.2. The zero-order chi connectivity index (χ0) is 21.3. The van der Waals surface area contributed by atoms with E-state index in [1.54, 1.807) is 30.3 Å². The van der Waals surface area contributed by atoms with Crippen LogP contribution in [0.15, 0.2) is 78.2 Å². The van der Waals surface area contributed by atoms with Crippen LogP contribution in [0.25, 0.3) is 33.0 Å². The average molecular weight is 425 g/mol. The Morgan fingerprint density at radius 3 is 2.10 bits per heavy atom. The molecule has 0 saturated heterocycles. The second kappa shape index (κ2) is 7.76. The minimum atomic E-state index is -4.38. The van der Waals surface area contributed by atoms with Gasteiger partial charge in [-0.1, -0.05) is 48.5 Å². The second-order valence-electron chi connectivity index (χ2n) is 6.58. The third-order valence-corrected chi connectivity index (χ3v) is 5.48. The van der Waals surface area contributed by atoms with Crippen LogP contribution in [-0.2, 0) is 6.18 Å². The molecule has 4 rings (SSSR count). The number of carbonyl (C=O) groups is 1. The van der Waals surface area contributed by atoms with Crippen molar-refractivity contribution in [2.45, 2.75) is 6.18 Å². The molecule has 0 radical (unpaired) electrons.